The second kappa shape index (κ2) is 35.8. The average Bonchev–Trinajstić information content (AvgIpc) is 2.92. The van der Waals surface area contributed by atoms with E-state index in [1.165, 1.54) is 154 Å². The molecule has 7 heteroatoms. The van der Waals surface area contributed by atoms with Crippen LogP contribution in [0.5, 0.6) is 0 Å². The van der Waals surface area contributed by atoms with Crippen molar-refractivity contribution in [3.63, 3.8) is 0 Å². The third-order valence-corrected chi connectivity index (χ3v) is 8.27. The molecule has 0 aromatic carbocycles. The van der Waals surface area contributed by atoms with Crippen LogP contribution in [0.1, 0.15) is 206 Å². The van der Waals surface area contributed by atoms with E-state index in [2.05, 4.69) is 18.4 Å². The van der Waals surface area contributed by atoms with Gasteiger partial charge in [-0.15, -0.1) is 0 Å². The molecule has 0 amide bonds. The smallest absolute Gasteiger partial charge is 0.469 e. The van der Waals surface area contributed by atoms with Gasteiger partial charge in [-0.1, -0.05) is 187 Å². The standard InChI is InChI=1S/C18H36O2.C16H35O4P/c1-2-3-4-5-6-7-8-9-10-11-12-13-14-15-16-17-18(19)20;1-2-3-4-5-6-7-8-9-10-11-12-13-14-15-16-20-21(17,18)19/h2-17H2,1H3,(H,19,20);2-16H2,1H3,(H2,17,18,19). The Morgan fingerprint density at radius 1 is 0.463 bits per heavy atom. The van der Waals surface area contributed by atoms with E-state index in [1.54, 1.807) is 0 Å². The van der Waals surface area contributed by atoms with Crippen LogP contribution in [-0.2, 0) is 13.9 Å². The lowest BCUT2D eigenvalue weighted by Gasteiger charge is -2.05. The Morgan fingerprint density at radius 3 is 0.951 bits per heavy atom. The summed E-state index contributed by atoms with van der Waals surface area (Å²) in [6, 6.07) is 0. The van der Waals surface area contributed by atoms with Crippen molar-refractivity contribution in [2.45, 2.75) is 206 Å². The molecule has 0 aromatic rings. The van der Waals surface area contributed by atoms with Gasteiger partial charge in [0.25, 0.3) is 0 Å². The minimum Gasteiger partial charge on any atom is -0.481 e. The first-order chi connectivity index (χ1) is 19.8. The molecular weight excluding hydrogens is 535 g/mol. The molecule has 0 aliphatic carbocycles. The fourth-order valence-electron chi connectivity index (χ4n) is 5.13. The highest BCUT2D eigenvalue weighted by molar-refractivity contribution is 7.46. The molecule has 0 bridgehead atoms. The molecule has 0 atom stereocenters. The van der Waals surface area contributed by atoms with Crippen LogP contribution in [0.3, 0.4) is 0 Å². The molecule has 41 heavy (non-hydrogen) atoms. The number of phosphoric acid groups is 1. The lowest BCUT2D eigenvalue weighted by Crippen LogP contribution is -1.93. The van der Waals surface area contributed by atoms with Gasteiger partial charge in [-0.25, -0.2) is 4.57 Å². The van der Waals surface area contributed by atoms with Crippen molar-refractivity contribution in [3.8, 4) is 0 Å². The lowest BCUT2D eigenvalue weighted by molar-refractivity contribution is -0.137. The van der Waals surface area contributed by atoms with E-state index in [4.69, 9.17) is 14.9 Å². The van der Waals surface area contributed by atoms with E-state index < -0.39 is 13.8 Å². The third kappa shape index (κ3) is 46.7. The molecule has 0 spiro atoms. The fraction of sp³-hybridized carbons (Fsp3) is 0.971. The van der Waals surface area contributed by atoms with Crippen LogP contribution in [0.15, 0.2) is 0 Å². The molecule has 0 aliphatic rings. The third-order valence-electron chi connectivity index (χ3n) is 7.75. The van der Waals surface area contributed by atoms with Gasteiger partial charge >= 0.3 is 13.8 Å². The first-order valence-corrected chi connectivity index (χ1v) is 19.3. The summed E-state index contributed by atoms with van der Waals surface area (Å²) in [7, 11) is -4.25. The highest BCUT2D eigenvalue weighted by Crippen LogP contribution is 2.35. The first-order valence-electron chi connectivity index (χ1n) is 17.7. The zero-order chi connectivity index (χ0) is 30.7. The van der Waals surface area contributed by atoms with Gasteiger partial charge in [0.1, 0.15) is 0 Å². The number of hydrogen-bond donors (Lipinski definition) is 3. The van der Waals surface area contributed by atoms with Crippen molar-refractivity contribution >= 4 is 13.8 Å². The van der Waals surface area contributed by atoms with Gasteiger partial charge in [-0.05, 0) is 12.8 Å². The SMILES string of the molecule is CCCCCCCCCCCCCCCCCC(=O)O.CCCCCCCCCCCCCCCCOP(=O)(O)O. The van der Waals surface area contributed by atoms with Crippen LogP contribution in [0, 0.1) is 0 Å². The van der Waals surface area contributed by atoms with E-state index in [1.807, 2.05) is 0 Å². The Morgan fingerprint density at radius 2 is 0.707 bits per heavy atom. The van der Waals surface area contributed by atoms with Gasteiger partial charge in [0, 0.05) is 6.42 Å². The summed E-state index contributed by atoms with van der Waals surface area (Å²) in [5, 5.41) is 8.52. The predicted molar refractivity (Wildman–Crippen MR) is 175 cm³/mol. The highest BCUT2D eigenvalue weighted by atomic mass is 31.2. The average molecular weight is 607 g/mol. The van der Waals surface area contributed by atoms with Crippen molar-refractivity contribution < 1.29 is 28.8 Å². The monoisotopic (exact) mass is 606 g/mol. The van der Waals surface area contributed by atoms with Crippen LogP contribution < -0.4 is 0 Å². The zero-order valence-corrected chi connectivity index (χ0v) is 28.3. The van der Waals surface area contributed by atoms with Crippen LogP contribution in [-0.4, -0.2) is 27.5 Å². The molecule has 0 saturated carbocycles. The molecular formula is C34H71O6P. The minimum atomic E-state index is -4.25. The van der Waals surface area contributed by atoms with Gasteiger partial charge in [-0.2, -0.15) is 0 Å². The second-order valence-electron chi connectivity index (χ2n) is 12.0. The summed E-state index contributed by atoms with van der Waals surface area (Å²) < 4.78 is 14.8. The lowest BCUT2D eigenvalue weighted by atomic mass is 10.0. The van der Waals surface area contributed by atoms with Crippen molar-refractivity contribution in [1.29, 1.82) is 0 Å². The predicted octanol–water partition coefficient (Wildman–Crippen LogP) is 11.9. The zero-order valence-electron chi connectivity index (χ0n) is 27.4. The Hall–Kier alpha value is -0.420. The Bertz CT molecular complexity index is 551. The van der Waals surface area contributed by atoms with E-state index in [0.717, 1.165) is 32.1 Å². The van der Waals surface area contributed by atoms with Crippen LogP contribution >= 0.6 is 7.82 Å². The normalized spacial score (nSPS) is 11.4. The van der Waals surface area contributed by atoms with Gasteiger partial charge in [0.05, 0.1) is 6.61 Å². The Labute approximate surface area is 255 Å². The molecule has 0 heterocycles. The molecule has 0 radical (unpaired) electrons. The Balaban J connectivity index is 0. The number of aliphatic carboxylic acids is 1. The van der Waals surface area contributed by atoms with Crippen molar-refractivity contribution in [1.82, 2.24) is 0 Å². The number of rotatable bonds is 32. The number of hydrogen-bond acceptors (Lipinski definition) is 3. The summed E-state index contributed by atoms with van der Waals surface area (Å²) in [4.78, 5) is 27.4. The minimum absolute atomic E-state index is 0.169. The topological polar surface area (TPSA) is 104 Å². The summed E-state index contributed by atoms with van der Waals surface area (Å²) in [6.07, 6.45) is 38.0. The maximum Gasteiger partial charge on any atom is 0.469 e. The maximum absolute atomic E-state index is 10.4. The van der Waals surface area contributed by atoms with Crippen molar-refractivity contribution in [3.05, 3.63) is 0 Å². The van der Waals surface area contributed by atoms with Gasteiger partial charge < -0.3 is 14.9 Å². The Kier molecular flexibility index (Phi) is 37.3. The molecule has 0 saturated heterocycles. The number of phosphoric ester groups is 1. The van der Waals surface area contributed by atoms with E-state index in [9.17, 15) is 9.36 Å². The summed E-state index contributed by atoms with van der Waals surface area (Å²) in [5.41, 5.74) is 0. The molecule has 3 N–H and O–H groups in total. The molecule has 6 nitrogen and oxygen atoms in total. The molecule has 0 unspecified atom stereocenters. The number of carboxylic acid groups (broad SMARTS) is 1. The van der Waals surface area contributed by atoms with Crippen molar-refractivity contribution in [2.75, 3.05) is 6.61 Å². The number of carboxylic acids is 1. The maximum atomic E-state index is 10.4. The molecule has 0 aliphatic heterocycles. The summed E-state index contributed by atoms with van der Waals surface area (Å²) in [5.74, 6) is -0.653. The van der Waals surface area contributed by atoms with E-state index in [0.29, 0.717) is 6.42 Å². The van der Waals surface area contributed by atoms with E-state index in [-0.39, 0.29) is 6.61 Å². The molecule has 0 aromatic heterocycles. The van der Waals surface area contributed by atoms with Gasteiger partial charge in [0.15, 0.2) is 0 Å². The van der Waals surface area contributed by atoms with E-state index >= 15 is 0 Å². The van der Waals surface area contributed by atoms with Gasteiger partial charge in [-0.3, -0.25) is 9.32 Å². The number of unbranched alkanes of at least 4 members (excludes halogenated alkanes) is 27. The van der Waals surface area contributed by atoms with Crippen LogP contribution in [0.25, 0.3) is 0 Å². The largest absolute Gasteiger partial charge is 0.481 e. The van der Waals surface area contributed by atoms with Crippen LogP contribution in [0.4, 0.5) is 0 Å². The molecule has 0 fully saturated rings. The second-order valence-corrected chi connectivity index (χ2v) is 13.3. The quantitative estimate of drug-likeness (QED) is 0.0520. The summed E-state index contributed by atoms with van der Waals surface area (Å²) >= 11 is 0. The fourth-order valence-corrected chi connectivity index (χ4v) is 5.49. The highest BCUT2D eigenvalue weighted by Gasteiger charge is 2.12. The van der Waals surface area contributed by atoms with Crippen LogP contribution in [0.2, 0.25) is 0 Å². The summed E-state index contributed by atoms with van der Waals surface area (Å²) in [6.45, 7) is 4.69. The molecule has 0 rings (SSSR count). The van der Waals surface area contributed by atoms with Gasteiger partial charge in [0.2, 0.25) is 0 Å². The number of carbonyl (C=O) groups is 1. The molecule has 248 valence electrons. The first kappa shape index (κ1) is 42.7. The van der Waals surface area contributed by atoms with Crippen molar-refractivity contribution in [2.24, 2.45) is 0 Å².